The zero-order valence-electron chi connectivity index (χ0n) is 22.7. The Hall–Kier alpha value is -4.24. The summed E-state index contributed by atoms with van der Waals surface area (Å²) in [4.78, 5) is 49.4. The largest absolute Gasteiger partial charge is 0.496 e. The average molecular weight is 530 g/mol. The normalized spacial score (nSPS) is 12.3. The van der Waals surface area contributed by atoms with Crippen molar-refractivity contribution in [2.45, 2.75) is 33.2 Å². The maximum absolute atomic E-state index is 13.5. The van der Waals surface area contributed by atoms with Gasteiger partial charge in [0.25, 0.3) is 5.91 Å². The molecule has 0 fully saturated rings. The third kappa shape index (κ3) is 6.43. The predicted octanol–water partition coefficient (Wildman–Crippen LogP) is 4.47. The summed E-state index contributed by atoms with van der Waals surface area (Å²) in [7, 11) is 1.67. The van der Waals surface area contributed by atoms with Crippen molar-refractivity contribution in [2.75, 3.05) is 43.5 Å². The van der Waals surface area contributed by atoms with Gasteiger partial charge in [0, 0.05) is 50.8 Å². The standard InChI is InChI=1S/C30H35N5O4/c1-4-33(21-22-11-6-9-15-26(22)39-3)19-20-34(5-2)27(36)16-17-28(37)35-25-14-8-7-12-23(25)30(38)32-24-13-10-18-31-29(24)35/h6-15,18H,4-5,16-17,19-21H2,1-3H3,(H,32,38). The minimum atomic E-state index is -0.308. The molecule has 1 aliphatic rings. The highest BCUT2D eigenvalue weighted by Gasteiger charge is 2.30. The number of ether oxygens (including phenoxy) is 1. The number of benzene rings is 2. The van der Waals surface area contributed by atoms with Crippen molar-refractivity contribution in [3.63, 3.8) is 0 Å². The zero-order chi connectivity index (χ0) is 27.8. The molecule has 0 radical (unpaired) electrons. The molecule has 0 saturated heterocycles. The first-order valence-corrected chi connectivity index (χ1v) is 13.3. The van der Waals surface area contributed by atoms with Crippen molar-refractivity contribution < 1.29 is 19.1 Å². The van der Waals surface area contributed by atoms with E-state index in [0.29, 0.717) is 42.4 Å². The van der Waals surface area contributed by atoms with Gasteiger partial charge >= 0.3 is 0 Å². The topological polar surface area (TPSA) is 95.1 Å². The number of pyridine rings is 1. The highest BCUT2D eigenvalue weighted by molar-refractivity contribution is 6.17. The van der Waals surface area contributed by atoms with Crippen LogP contribution in [0.5, 0.6) is 5.75 Å². The molecule has 1 aromatic heterocycles. The van der Waals surface area contributed by atoms with E-state index in [1.807, 2.05) is 31.2 Å². The van der Waals surface area contributed by atoms with Crippen LogP contribution in [0.1, 0.15) is 42.6 Å². The van der Waals surface area contributed by atoms with Crippen LogP contribution in [0.4, 0.5) is 17.2 Å². The summed E-state index contributed by atoms with van der Waals surface area (Å²) in [5, 5.41) is 2.83. The van der Waals surface area contributed by atoms with Crippen molar-refractivity contribution in [1.29, 1.82) is 0 Å². The molecule has 2 aromatic carbocycles. The van der Waals surface area contributed by atoms with Crippen LogP contribution < -0.4 is 15.0 Å². The van der Waals surface area contributed by atoms with Gasteiger partial charge in [-0.15, -0.1) is 0 Å². The molecule has 39 heavy (non-hydrogen) atoms. The minimum absolute atomic E-state index is 0.00736. The van der Waals surface area contributed by atoms with Crippen LogP contribution in [0.15, 0.2) is 66.9 Å². The van der Waals surface area contributed by atoms with Gasteiger partial charge in [-0.1, -0.05) is 37.3 Å². The van der Waals surface area contributed by atoms with E-state index >= 15 is 0 Å². The Morgan fingerprint density at radius 2 is 1.72 bits per heavy atom. The highest BCUT2D eigenvalue weighted by atomic mass is 16.5. The van der Waals surface area contributed by atoms with Crippen LogP contribution in [0.2, 0.25) is 0 Å². The van der Waals surface area contributed by atoms with E-state index in [2.05, 4.69) is 22.1 Å². The number of methoxy groups -OCH3 is 1. The number of anilines is 3. The number of nitrogens with zero attached hydrogens (tertiary/aromatic N) is 4. The smallest absolute Gasteiger partial charge is 0.257 e. The highest BCUT2D eigenvalue weighted by Crippen LogP contribution is 2.36. The van der Waals surface area contributed by atoms with E-state index in [1.165, 1.54) is 4.90 Å². The van der Waals surface area contributed by atoms with E-state index in [1.54, 1.807) is 54.6 Å². The van der Waals surface area contributed by atoms with Crippen LogP contribution in [0, 0.1) is 0 Å². The summed E-state index contributed by atoms with van der Waals surface area (Å²) in [5.41, 5.74) is 2.37. The van der Waals surface area contributed by atoms with E-state index in [-0.39, 0.29) is 30.6 Å². The molecule has 0 bridgehead atoms. The molecule has 3 amide bonds. The molecule has 4 rings (SSSR count). The summed E-state index contributed by atoms with van der Waals surface area (Å²) in [6.07, 6.45) is 1.63. The van der Waals surface area contributed by atoms with Crippen molar-refractivity contribution in [2.24, 2.45) is 0 Å². The molecule has 0 atom stereocenters. The fourth-order valence-corrected chi connectivity index (χ4v) is 4.72. The maximum atomic E-state index is 13.5. The van der Waals surface area contributed by atoms with Gasteiger partial charge in [0.2, 0.25) is 11.8 Å². The average Bonchev–Trinajstić information content (AvgIpc) is 3.09. The Balaban J connectivity index is 1.41. The number of para-hydroxylation sites is 2. The van der Waals surface area contributed by atoms with Crippen molar-refractivity contribution >= 4 is 34.9 Å². The fraction of sp³-hybridized carbons (Fsp3) is 0.333. The Morgan fingerprint density at radius 3 is 2.49 bits per heavy atom. The minimum Gasteiger partial charge on any atom is -0.496 e. The molecule has 204 valence electrons. The predicted molar refractivity (Wildman–Crippen MR) is 151 cm³/mol. The van der Waals surface area contributed by atoms with Crippen LogP contribution in [0.3, 0.4) is 0 Å². The van der Waals surface area contributed by atoms with E-state index < -0.39 is 0 Å². The van der Waals surface area contributed by atoms with Crippen LogP contribution >= 0.6 is 0 Å². The fourth-order valence-electron chi connectivity index (χ4n) is 4.72. The van der Waals surface area contributed by atoms with Gasteiger partial charge in [-0.2, -0.15) is 0 Å². The number of carbonyl (C=O) groups excluding carboxylic acids is 3. The number of aromatic nitrogens is 1. The lowest BCUT2D eigenvalue weighted by molar-refractivity contribution is -0.133. The second-order valence-electron chi connectivity index (χ2n) is 9.23. The van der Waals surface area contributed by atoms with Gasteiger partial charge in [-0.05, 0) is 43.8 Å². The molecule has 0 spiro atoms. The summed E-state index contributed by atoms with van der Waals surface area (Å²) in [5.74, 6) is 0.501. The van der Waals surface area contributed by atoms with Gasteiger partial charge in [0.1, 0.15) is 5.75 Å². The molecule has 0 aliphatic carbocycles. The van der Waals surface area contributed by atoms with Gasteiger partial charge < -0.3 is 15.0 Å². The molecular weight excluding hydrogens is 494 g/mol. The van der Waals surface area contributed by atoms with E-state index in [0.717, 1.165) is 24.4 Å². The molecule has 0 saturated carbocycles. The van der Waals surface area contributed by atoms with Gasteiger partial charge in [-0.25, -0.2) is 4.98 Å². The lowest BCUT2D eigenvalue weighted by Crippen LogP contribution is -2.39. The first kappa shape index (κ1) is 27.8. The molecule has 3 aromatic rings. The lowest BCUT2D eigenvalue weighted by Gasteiger charge is -2.27. The van der Waals surface area contributed by atoms with Crippen LogP contribution in [0.25, 0.3) is 0 Å². The number of fused-ring (bicyclic) bond motifs is 2. The van der Waals surface area contributed by atoms with Gasteiger partial charge in [0.05, 0.1) is 24.0 Å². The Morgan fingerprint density at radius 1 is 0.949 bits per heavy atom. The Kier molecular flexibility index (Phi) is 9.27. The first-order valence-electron chi connectivity index (χ1n) is 13.3. The maximum Gasteiger partial charge on any atom is 0.257 e. The summed E-state index contributed by atoms with van der Waals surface area (Å²) < 4.78 is 5.48. The molecule has 2 heterocycles. The van der Waals surface area contributed by atoms with E-state index in [4.69, 9.17) is 4.74 Å². The second kappa shape index (κ2) is 13.0. The SMILES string of the molecule is CCN(CCN(CC)C(=O)CCC(=O)N1c2ccccc2C(=O)Nc2cccnc21)Cc1ccccc1OC. The Labute approximate surface area is 229 Å². The third-order valence-electron chi connectivity index (χ3n) is 6.89. The third-order valence-corrected chi connectivity index (χ3v) is 6.89. The molecule has 1 N–H and O–H groups in total. The first-order chi connectivity index (χ1) is 19.0. The summed E-state index contributed by atoms with van der Waals surface area (Å²) >= 11 is 0. The molecular formula is C30H35N5O4. The Bertz CT molecular complexity index is 1330. The number of likely N-dealkylation sites (N-methyl/N-ethyl adjacent to an activating group) is 2. The number of amides is 3. The lowest BCUT2D eigenvalue weighted by atomic mass is 10.1. The number of hydrogen-bond donors (Lipinski definition) is 1. The van der Waals surface area contributed by atoms with E-state index in [9.17, 15) is 14.4 Å². The monoisotopic (exact) mass is 529 g/mol. The zero-order valence-corrected chi connectivity index (χ0v) is 22.7. The van der Waals surface area contributed by atoms with Crippen LogP contribution in [-0.2, 0) is 16.1 Å². The quantitative estimate of drug-likeness (QED) is 0.394. The molecule has 9 nitrogen and oxygen atoms in total. The van der Waals surface area contributed by atoms with Crippen LogP contribution in [-0.4, -0.2) is 65.8 Å². The van der Waals surface area contributed by atoms with Crippen molar-refractivity contribution in [3.8, 4) is 5.75 Å². The summed E-state index contributed by atoms with van der Waals surface area (Å²) in [6.45, 7) is 7.40. The second-order valence-corrected chi connectivity index (χ2v) is 9.23. The molecule has 0 unspecified atom stereocenters. The number of nitrogens with one attached hydrogen (secondary N) is 1. The van der Waals surface area contributed by atoms with Gasteiger partial charge in [0.15, 0.2) is 5.82 Å². The van der Waals surface area contributed by atoms with Crippen molar-refractivity contribution in [1.82, 2.24) is 14.8 Å². The van der Waals surface area contributed by atoms with Crippen molar-refractivity contribution in [3.05, 3.63) is 78.0 Å². The number of hydrogen-bond acceptors (Lipinski definition) is 6. The summed E-state index contributed by atoms with van der Waals surface area (Å²) in [6, 6.07) is 18.3. The van der Waals surface area contributed by atoms with Gasteiger partial charge in [-0.3, -0.25) is 24.2 Å². The number of rotatable bonds is 11. The molecule has 1 aliphatic heterocycles. The molecule has 9 heteroatoms. The number of carbonyl (C=O) groups is 3.